The second-order valence-electron chi connectivity index (χ2n) is 6.14. The van der Waals surface area contributed by atoms with Crippen LogP contribution < -0.4 is 10.9 Å². The molecule has 2 aromatic heterocycles. The van der Waals surface area contributed by atoms with E-state index in [0.29, 0.717) is 11.4 Å². The number of hydrogen-bond acceptors (Lipinski definition) is 5. The fourth-order valence-electron chi connectivity index (χ4n) is 2.76. The van der Waals surface area contributed by atoms with E-state index in [0.717, 1.165) is 0 Å². The number of pyridine rings is 1. The number of carbonyl (C=O) groups is 2. The first-order valence-corrected chi connectivity index (χ1v) is 8.29. The minimum atomic E-state index is -5.08. The van der Waals surface area contributed by atoms with Crippen LogP contribution >= 0.6 is 0 Å². The maximum atomic E-state index is 13.4. The maximum Gasteiger partial charge on any atom is 0.490 e. The highest BCUT2D eigenvalue weighted by molar-refractivity contribution is 5.98. The van der Waals surface area contributed by atoms with Crippen molar-refractivity contribution in [2.45, 2.75) is 19.1 Å². The molecular weight excluding hydrogens is 412 g/mol. The Labute approximate surface area is 164 Å². The van der Waals surface area contributed by atoms with Crippen LogP contribution in [0.15, 0.2) is 41.3 Å². The first kappa shape index (κ1) is 20.9. The van der Waals surface area contributed by atoms with Crippen LogP contribution in [0.4, 0.5) is 17.6 Å². The molecule has 0 bridgehead atoms. The Hall–Kier alpha value is -3.83. The van der Waals surface area contributed by atoms with Gasteiger partial charge in [-0.25, -0.2) is 23.7 Å². The largest absolute Gasteiger partial charge is 0.490 e. The fraction of sp³-hybridized carbons (Fsp3) is 0.167. The Morgan fingerprint density at radius 2 is 1.90 bits per heavy atom. The Balaban J connectivity index is 0.000000318. The molecule has 3 heterocycles. The highest BCUT2D eigenvalue weighted by Crippen LogP contribution is 2.23. The highest BCUT2D eigenvalue weighted by atomic mass is 19.4. The summed E-state index contributed by atoms with van der Waals surface area (Å²) < 4.78 is 46.5. The van der Waals surface area contributed by atoms with Crippen molar-refractivity contribution in [2.24, 2.45) is 0 Å². The number of benzene rings is 1. The van der Waals surface area contributed by atoms with Gasteiger partial charge in [-0.05, 0) is 31.2 Å². The summed E-state index contributed by atoms with van der Waals surface area (Å²) in [5, 5.41) is 10.2. The van der Waals surface area contributed by atoms with Gasteiger partial charge in [0.2, 0.25) is 0 Å². The molecule has 0 fully saturated rings. The van der Waals surface area contributed by atoms with E-state index in [1.165, 1.54) is 29.0 Å². The van der Waals surface area contributed by atoms with Gasteiger partial charge in [0.05, 0.1) is 22.5 Å². The molecule has 3 aromatic rings. The number of nitrogens with zero attached hydrogens (tertiary/aromatic N) is 3. The van der Waals surface area contributed by atoms with Crippen LogP contribution in [0.5, 0.6) is 0 Å². The Morgan fingerprint density at radius 1 is 1.23 bits per heavy atom. The van der Waals surface area contributed by atoms with Crippen molar-refractivity contribution >= 4 is 22.8 Å². The zero-order valence-electron chi connectivity index (χ0n) is 15.1. The summed E-state index contributed by atoms with van der Waals surface area (Å²) in [5.74, 6) is -3.02. The molecule has 1 atom stereocenters. The predicted molar refractivity (Wildman–Crippen MR) is 94.7 cm³/mol. The molecule has 1 unspecified atom stereocenters. The lowest BCUT2D eigenvalue weighted by molar-refractivity contribution is -0.192. The molecule has 0 spiro atoms. The second kappa shape index (κ2) is 7.54. The smallest absolute Gasteiger partial charge is 0.475 e. The summed E-state index contributed by atoms with van der Waals surface area (Å²) in [5.41, 5.74) is 0.165. The van der Waals surface area contributed by atoms with Gasteiger partial charge >= 0.3 is 12.1 Å². The van der Waals surface area contributed by atoms with E-state index in [1.54, 1.807) is 19.1 Å². The normalized spacial score (nSPS) is 15.2. The van der Waals surface area contributed by atoms with Crippen molar-refractivity contribution in [1.29, 1.82) is 0 Å². The summed E-state index contributed by atoms with van der Waals surface area (Å²) in [7, 11) is 0. The van der Waals surface area contributed by atoms with Gasteiger partial charge < -0.3 is 10.4 Å². The van der Waals surface area contributed by atoms with E-state index in [9.17, 15) is 27.2 Å². The van der Waals surface area contributed by atoms with Crippen LogP contribution in [0.25, 0.3) is 16.7 Å². The molecule has 12 heteroatoms. The number of alkyl halides is 3. The van der Waals surface area contributed by atoms with Crippen LogP contribution in [-0.2, 0) is 4.79 Å². The molecule has 156 valence electrons. The molecule has 1 aliphatic rings. The van der Waals surface area contributed by atoms with Gasteiger partial charge in [-0.15, -0.1) is 0 Å². The number of rotatable bonds is 0. The number of aromatic nitrogens is 3. The number of halogens is 4. The summed E-state index contributed by atoms with van der Waals surface area (Å²) in [6.07, 6.45) is -3.58. The zero-order valence-corrected chi connectivity index (χ0v) is 15.1. The summed E-state index contributed by atoms with van der Waals surface area (Å²) in [6, 6.07) is 6.51. The second-order valence-corrected chi connectivity index (χ2v) is 6.14. The first-order chi connectivity index (χ1) is 14.0. The van der Waals surface area contributed by atoms with Crippen LogP contribution in [0.1, 0.15) is 29.1 Å². The predicted octanol–water partition coefficient (Wildman–Crippen LogP) is 2.36. The van der Waals surface area contributed by atoms with Gasteiger partial charge in [-0.1, -0.05) is 0 Å². The monoisotopic (exact) mass is 424 g/mol. The van der Waals surface area contributed by atoms with Gasteiger partial charge in [0.15, 0.2) is 5.82 Å². The number of carbonyl (C=O) groups excluding carboxylic acids is 1. The zero-order chi connectivity index (χ0) is 22.2. The maximum absolute atomic E-state index is 13.4. The number of amides is 1. The molecule has 0 saturated carbocycles. The molecule has 0 saturated heterocycles. The molecular formula is C18H12F4N4O4. The number of carboxylic acids is 1. The van der Waals surface area contributed by atoms with Gasteiger partial charge in [0, 0.05) is 12.3 Å². The third-order valence-electron chi connectivity index (χ3n) is 4.08. The van der Waals surface area contributed by atoms with Crippen molar-refractivity contribution in [1.82, 2.24) is 19.9 Å². The van der Waals surface area contributed by atoms with E-state index >= 15 is 0 Å². The summed E-state index contributed by atoms with van der Waals surface area (Å²) in [4.78, 5) is 42.6. The van der Waals surface area contributed by atoms with Crippen LogP contribution in [0.3, 0.4) is 0 Å². The third kappa shape index (κ3) is 3.83. The third-order valence-corrected chi connectivity index (χ3v) is 4.08. The van der Waals surface area contributed by atoms with E-state index in [2.05, 4.69) is 15.3 Å². The van der Waals surface area contributed by atoms with E-state index in [-0.39, 0.29) is 28.2 Å². The summed E-state index contributed by atoms with van der Waals surface area (Å²) in [6.45, 7) is 1.72. The molecule has 2 N–H and O–H groups in total. The number of carboxylic acid groups (broad SMARTS) is 1. The van der Waals surface area contributed by atoms with Gasteiger partial charge in [0.1, 0.15) is 11.6 Å². The van der Waals surface area contributed by atoms with Crippen molar-refractivity contribution in [3.05, 3.63) is 64.1 Å². The average Bonchev–Trinajstić information content (AvgIpc) is 2.77. The lowest BCUT2D eigenvalue weighted by Gasteiger charge is -2.14. The highest BCUT2D eigenvalue weighted by Gasteiger charge is 2.38. The van der Waals surface area contributed by atoms with E-state index in [4.69, 9.17) is 9.90 Å². The number of hydrogen-bond donors (Lipinski definition) is 2. The molecule has 1 aliphatic heterocycles. The van der Waals surface area contributed by atoms with Gasteiger partial charge in [-0.3, -0.25) is 9.59 Å². The minimum absolute atomic E-state index is 0.230. The minimum Gasteiger partial charge on any atom is -0.475 e. The van der Waals surface area contributed by atoms with E-state index in [1.807, 2.05) is 0 Å². The SMILES string of the molecule is CC1NC(=O)c2cccnc2-n2c1nc1cc(F)ccc1c2=O.O=C(O)C(F)(F)F. The molecule has 1 aromatic carbocycles. The van der Waals surface area contributed by atoms with E-state index < -0.39 is 24.0 Å². The van der Waals surface area contributed by atoms with Crippen molar-refractivity contribution in [3.8, 4) is 5.82 Å². The Bertz CT molecular complexity index is 1220. The molecule has 0 aliphatic carbocycles. The van der Waals surface area contributed by atoms with Crippen molar-refractivity contribution in [3.63, 3.8) is 0 Å². The standard InChI is InChI=1S/C16H11FN4O2.C2HF3O2/c1-8-13-20-12-7-9(17)4-5-10(12)16(23)21(13)14-11(15(22)19-8)3-2-6-18-14;3-2(4,5)1(6)7/h2-8H,1H3,(H,19,22);(H,6,7). The molecule has 8 nitrogen and oxygen atoms in total. The lowest BCUT2D eigenvalue weighted by Crippen LogP contribution is -2.28. The van der Waals surface area contributed by atoms with Crippen molar-refractivity contribution < 1.29 is 32.3 Å². The molecule has 1 amide bonds. The lowest BCUT2D eigenvalue weighted by atomic mass is 10.2. The average molecular weight is 424 g/mol. The van der Waals surface area contributed by atoms with Crippen molar-refractivity contribution in [2.75, 3.05) is 0 Å². The van der Waals surface area contributed by atoms with Crippen LogP contribution in [0, 0.1) is 5.82 Å². The Kier molecular flexibility index (Phi) is 5.25. The van der Waals surface area contributed by atoms with Crippen LogP contribution in [0.2, 0.25) is 0 Å². The van der Waals surface area contributed by atoms with Gasteiger partial charge in [0.25, 0.3) is 11.5 Å². The number of nitrogens with one attached hydrogen (secondary N) is 1. The first-order valence-electron chi connectivity index (χ1n) is 8.29. The number of aliphatic carboxylic acids is 1. The number of fused-ring (bicyclic) bond motifs is 4. The Morgan fingerprint density at radius 3 is 2.53 bits per heavy atom. The van der Waals surface area contributed by atoms with Gasteiger partial charge in [-0.2, -0.15) is 13.2 Å². The quantitative estimate of drug-likeness (QED) is 0.536. The fourth-order valence-corrected chi connectivity index (χ4v) is 2.76. The molecule has 30 heavy (non-hydrogen) atoms. The molecule has 0 radical (unpaired) electrons. The topological polar surface area (TPSA) is 114 Å². The molecule has 4 rings (SSSR count). The summed E-state index contributed by atoms with van der Waals surface area (Å²) >= 11 is 0. The van der Waals surface area contributed by atoms with Crippen LogP contribution in [-0.4, -0.2) is 37.7 Å².